The van der Waals surface area contributed by atoms with E-state index in [1.54, 1.807) is 49.7 Å². The van der Waals surface area contributed by atoms with Crippen LogP contribution < -0.4 is 5.32 Å². The molecular weight excluding hydrogens is 447 g/mol. The van der Waals surface area contributed by atoms with Crippen molar-refractivity contribution >= 4 is 16.1 Å². The number of rotatable bonds is 8. The molecule has 0 bridgehead atoms. The van der Waals surface area contributed by atoms with Crippen LogP contribution in [0.2, 0.25) is 0 Å². The van der Waals surface area contributed by atoms with Gasteiger partial charge in [-0.05, 0) is 58.4 Å². The lowest BCUT2D eigenvalue weighted by Gasteiger charge is -2.19. The van der Waals surface area contributed by atoms with E-state index in [1.165, 1.54) is 24.5 Å². The predicted octanol–water partition coefficient (Wildman–Crippen LogP) is 3.72. The standard InChI is InChI=1S/C23H33FN4O4S/c1-16-21(14-19(24)12-13-25-22(29)32-23(3,4)5)17(2)28(26-16)15-18-8-10-20(11-9-18)33(30,31)27(6)7/h8-12H,13-15H2,1-7H3,(H,25,29)/b19-12-. The Balaban J connectivity index is 2.05. The molecule has 0 unspecified atom stereocenters. The van der Waals surface area contributed by atoms with E-state index in [4.69, 9.17) is 4.74 Å². The molecule has 8 nitrogen and oxygen atoms in total. The number of aromatic nitrogens is 2. The van der Waals surface area contributed by atoms with Crippen LogP contribution in [0.5, 0.6) is 0 Å². The van der Waals surface area contributed by atoms with E-state index in [2.05, 4.69) is 10.4 Å². The molecule has 182 valence electrons. The molecule has 0 fully saturated rings. The first-order valence-corrected chi connectivity index (χ1v) is 12.0. The minimum absolute atomic E-state index is 0.0230. The highest BCUT2D eigenvalue weighted by Gasteiger charge is 2.18. The van der Waals surface area contributed by atoms with Crippen LogP contribution in [0.25, 0.3) is 0 Å². The predicted molar refractivity (Wildman–Crippen MR) is 125 cm³/mol. The lowest BCUT2D eigenvalue weighted by molar-refractivity contribution is 0.0534. The number of nitrogens with one attached hydrogen (secondary N) is 1. The first kappa shape index (κ1) is 26.5. The van der Waals surface area contributed by atoms with Crippen molar-refractivity contribution in [1.29, 1.82) is 0 Å². The lowest BCUT2D eigenvalue weighted by atomic mass is 10.1. The second kappa shape index (κ2) is 10.5. The van der Waals surface area contributed by atoms with Crippen molar-refractivity contribution in [1.82, 2.24) is 19.4 Å². The summed E-state index contributed by atoms with van der Waals surface area (Å²) in [5.74, 6) is -0.380. The molecule has 1 amide bonds. The Hall–Kier alpha value is -2.72. The molecular formula is C23H33FN4O4S. The van der Waals surface area contributed by atoms with Crippen LogP contribution in [0.4, 0.5) is 9.18 Å². The Morgan fingerprint density at radius 1 is 1.21 bits per heavy atom. The molecule has 0 spiro atoms. The Kier molecular flexibility index (Phi) is 8.42. The monoisotopic (exact) mass is 480 g/mol. The Labute approximate surface area is 195 Å². The van der Waals surface area contributed by atoms with Crippen LogP contribution in [0.15, 0.2) is 41.1 Å². The Morgan fingerprint density at radius 3 is 2.36 bits per heavy atom. The number of hydrogen-bond donors (Lipinski definition) is 1. The van der Waals surface area contributed by atoms with Gasteiger partial charge in [-0.15, -0.1) is 0 Å². The summed E-state index contributed by atoms with van der Waals surface area (Å²) in [6.45, 7) is 9.41. The highest BCUT2D eigenvalue weighted by Crippen LogP contribution is 2.20. The van der Waals surface area contributed by atoms with Crippen molar-refractivity contribution in [3.8, 4) is 0 Å². The van der Waals surface area contributed by atoms with E-state index in [0.717, 1.165) is 16.8 Å². The van der Waals surface area contributed by atoms with Crippen LogP contribution in [-0.2, 0) is 27.7 Å². The van der Waals surface area contributed by atoms with Crippen molar-refractivity contribution in [2.45, 2.75) is 58.1 Å². The number of allylic oxidation sites excluding steroid dienone is 1. The summed E-state index contributed by atoms with van der Waals surface area (Å²) in [5, 5.41) is 7.01. The molecule has 1 aromatic carbocycles. The maximum atomic E-state index is 14.5. The number of aryl methyl sites for hydroxylation is 1. The molecule has 2 aromatic rings. The van der Waals surface area contributed by atoms with Gasteiger partial charge in [0.2, 0.25) is 10.0 Å². The number of sulfonamides is 1. The molecule has 33 heavy (non-hydrogen) atoms. The van der Waals surface area contributed by atoms with Gasteiger partial charge < -0.3 is 10.1 Å². The van der Waals surface area contributed by atoms with Crippen molar-refractivity contribution in [3.63, 3.8) is 0 Å². The van der Waals surface area contributed by atoms with Gasteiger partial charge in [0.1, 0.15) is 11.4 Å². The zero-order chi connectivity index (χ0) is 25.0. The highest BCUT2D eigenvalue weighted by atomic mass is 32.2. The fourth-order valence-corrected chi connectivity index (χ4v) is 4.00. The van der Waals surface area contributed by atoms with Crippen molar-refractivity contribution in [2.24, 2.45) is 0 Å². The van der Waals surface area contributed by atoms with Crippen LogP contribution >= 0.6 is 0 Å². The third-order valence-corrected chi connectivity index (χ3v) is 6.71. The normalized spacial score (nSPS) is 12.8. The molecule has 0 aliphatic carbocycles. The molecule has 1 heterocycles. The lowest BCUT2D eigenvalue weighted by Crippen LogP contribution is -2.32. The molecule has 10 heteroatoms. The molecule has 0 saturated carbocycles. The van der Waals surface area contributed by atoms with Gasteiger partial charge in [0.15, 0.2) is 0 Å². The summed E-state index contributed by atoms with van der Waals surface area (Å²) < 4.78 is 47.0. The average Bonchev–Trinajstić information content (AvgIpc) is 2.94. The van der Waals surface area contributed by atoms with Crippen molar-refractivity contribution < 1.29 is 22.3 Å². The quantitative estimate of drug-likeness (QED) is 0.622. The number of carbonyl (C=O) groups excluding carboxylic acids is 1. The van der Waals surface area contributed by atoms with Crippen LogP contribution in [-0.4, -0.2) is 54.8 Å². The Bertz CT molecular complexity index is 1110. The number of amides is 1. The SMILES string of the molecule is Cc1nn(Cc2ccc(S(=O)(=O)N(C)C)cc2)c(C)c1C/C(F)=C/CNC(=O)OC(C)(C)C. The Morgan fingerprint density at radius 2 is 1.82 bits per heavy atom. The maximum absolute atomic E-state index is 14.5. The zero-order valence-electron chi connectivity index (χ0n) is 20.3. The maximum Gasteiger partial charge on any atom is 0.407 e. The summed E-state index contributed by atoms with van der Waals surface area (Å²) >= 11 is 0. The van der Waals surface area contributed by atoms with Gasteiger partial charge in [0, 0.05) is 38.3 Å². The molecule has 2 rings (SSSR count). The van der Waals surface area contributed by atoms with E-state index in [0.29, 0.717) is 12.2 Å². The second-order valence-corrected chi connectivity index (χ2v) is 11.1. The summed E-state index contributed by atoms with van der Waals surface area (Å²) in [6, 6.07) is 6.62. The number of halogens is 1. The topological polar surface area (TPSA) is 93.5 Å². The van der Waals surface area contributed by atoms with E-state index >= 15 is 0 Å². The number of benzene rings is 1. The summed E-state index contributed by atoms with van der Waals surface area (Å²) in [6.07, 6.45) is 0.772. The largest absolute Gasteiger partial charge is 0.444 e. The first-order valence-electron chi connectivity index (χ1n) is 10.6. The molecule has 0 aliphatic heterocycles. The molecule has 0 radical (unpaired) electrons. The molecule has 1 N–H and O–H groups in total. The van der Waals surface area contributed by atoms with Crippen molar-refractivity contribution in [3.05, 3.63) is 58.7 Å². The van der Waals surface area contributed by atoms with E-state index in [1.807, 2.05) is 13.8 Å². The molecule has 0 aliphatic rings. The summed E-state index contributed by atoms with van der Waals surface area (Å²) in [7, 11) is -0.508. The van der Waals surface area contributed by atoms with Gasteiger partial charge in [-0.25, -0.2) is 21.9 Å². The molecule has 1 aromatic heterocycles. The fourth-order valence-electron chi connectivity index (χ4n) is 3.09. The number of ether oxygens (including phenoxy) is 1. The number of carbonyl (C=O) groups is 1. The minimum Gasteiger partial charge on any atom is -0.444 e. The second-order valence-electron chi connectivity index (χ2n) is 8.95. The smallest absolute Gasteiger partial charge is 0.407 e. The first-order chi connectivity index (χ1) is 15.2. The third-order valence-electron chi connectivity index (χ3n) is 4.88. The van der Waals surface area contributed by atoms with Crippen molar-refractivity contribution in [2.75, 3.05) is 20.6 Å². The number of hydrogen-bond acceptors (Lipinski definition) is 5. The van der Waals surface area contributed by atoms with Gasteiger partial charge in [0.25, 0.3) is 0 Å². The van der Waals surface area contributed by atoms with Crippen LogP contribution in [0.3, 0.4) is 0 Å². The van der Waals surface area contributed by atoms with Crippen LogP contribution in [0, 0.1) is 13.8 Å². The van der Waals surface area contributed by atoms with E-state index in [9.17, 15) is 17.6 Å². The number of alkyl carbamates (subject to hydrolysis) is 1. The number of nitrogens with zero attached hydrogens (tertiary/aromatic N) is 3. The fraction of sp³-hybridized carbons (Fsp3) is 0.478. The van der Waals surface area contributed by atoms with Gasteiger partial charge in [-0.2, -0.15) is 5.10 Å². The van der Waals surface area contributed by atoms with Gasteiger partial charge in [-0.1, -0.05) is 12.1 Å². The van der Waals surface area contributed by atoms with Gasteiger partial charge >= 0.3 is 6.09 Å². The third kappa shape index (κ3) is 7.40. The average molecular weight is 481 g/mol. The zero-order valence-corrected chi connectivity index (χ0v) is 21.1. The minimum atomic E-state index is -3.48. The van der Waals surface area contributed by atoms with E-state index < -0.39 is 21.7 Å². The van der Waals surface area contributed by atoms with Crippen LogP contribution in [0.1, 0.15) is 43.3 Å². The molecule has 0 saturated heterocycles. The van der Waals surface area contributed by atoms with Gasteiger partial charge in [-0.3, -0.25) is 4.68 Å². The summed E-state index contributed by atoms with van der Waals surface area (Å²) in [5.41, 5.74) is 2.56. The highest BCUT2D eigenvalue weighted by molar-refractivity contribution is 7.89. The molecule has 0 atom stereocenters. The van der Waals surface area contributed by atoms with E-state index in [-0.39, 0.29) is 23.7 Å². The summed E-state index contributed by atoms with van der Waals surface area (Å²) in [4.78, 5) is 11.9. The van der Waals surface area contributed by atoms with Gasteiger partial charge in [0.05, 0.1) is 17.1 Å².